The number of nitrogens with zero attached hydrogens (tertiary/aromatic N) is 1. The van der Waals surface area contributed by atoms with E-state index in [-0.39, 0.29) is 0 Å². The van der Waals surface area contributed by atoms with Crippen LogP contribution in [0.1, 0.15) is 0 Å². The van der Waals surface area contributed by atoms with Crippen molar-refractivity contribution in [2.24, 2.45) is 0 Å². The first-order valence-corrected chi connectivity index (χ1v) is 6.83. The minimum absolute atomic E-state index is 0.642. The van der Waals surface area contributed by atoms with Gasteiger partial charge in [0, 0.05) is 16.0 Å². The molecule has 1 aromatic heterocycles. The first-order chi connectivity index (χ1) is 9.67. The Hall–Kier alpha value is -1.77. The maximum absolute atomic E-state index is 6.35. The number of fused-ring (bicyclic) bond motifs is 1. The second kappa shape index (κ2) is 5.31. The van der Waals surface area contributed by atoms with Crippen LogP contribution in [-0.2, 0) is 0 Å². The van der Waals surface area contributed by atoms with Crippen molar-refractivity contribution >= 4 is 34.1 Å². The van der Waals surface area contributed by atoms with Crippen LogP contribution in [0.5, 0.6) is 5.75 Å². The predicted molar refractivity (Wildman–Crippen MR) is 83.8 cm³/mol. The molecule has 2 nitrogen and oxygen atoms in total. The van der Waals surface area contributed by atoms with Crippen LogP contribution in [0.15, 0.2) is 48.5 Å². The van der Waals surface area contributed by atoms with E-state index >= 15 is 0 Å². The fourth-order valence-corrected chi connectivity index (χ4v) is 2.53. The summed E-state index contributed by atoms with van der Waals surface area (Å²) in [7, 11) is 1.63. The first kappa shape index (κ1) is 13.2. The van der Waals surface area contributed by atoms with Crippen molar-refractivity contribution in [3.8, 4) is 17.0 Å². The molecule has 0 bridgehead atoms. The highest BCUT2D eigenvalue weighted by Gasteiger charge is 2.07. The van der Waals surface area contributed by atoms with Gasteiger partial charge in [0.1, 0.15) is 5.75 Å². The number of aromatic nitrogens is 1. The molecule has 3 aromatic rings. The Labute approximate surface area is 126 Å². The predicted octanol–water partition coefficient (Wildman–Crippen LogP) is 5.22. The van der Waals surface area contributed by atoms with Crippen LogP contribution in [0.2, 0.25) is 10.0 Å². The molecule has 0 atom stereocenters. The van der Waals surface area contributed by atoms with Gasteiger partial charge in [-0.3, -0.25) is 0 Å². The summed E-state index contributed by atoms with van der Waals surface area (Å²) in [6.07, 6.45) is 0. The lowest BCUT2D eigenvalue weighted by Crippen LogP contribution is -1.88. The van der Waals surface area contributed by atoms with Crippen molar-refractivity contribution in [3.05, 3.63) is 58.6 Å². The lowest BCUT2D eigenvalue weighted by atomic mass is 10.1. The third-order valence-corrected chi connectivity index (χ3v) is 3.63. The van der Waals surface area contributed by atoms with Crippen LogP contribution in [-0.4, -0.2) is 12.1 Å². The molecule has 0 aliphatic heterocycles. The average Bonchev–Trinajstić information content (AvgIpc) is 2.47. The van der Waals surface area contributed by atoms with Gasteiger partial charge in [-0.05, 0) is 36.4 Å². The maximum atomic E-state index is 6.35. The molecule has 100 valence electrons. The number of halogens is 2. The highest BCUT2D eigenvalue weighted by atomic mass is 35.5. The summed E-state index contributed by atoms with van der Waals surface area (Å²) in [4.78, 5) is 4.62. The van der Waals surface area contributed by atoms with Crippen LogP contribution in [0.4, 0.5) is 0 Å². The Bertz CT molecular complexity index is 787. The minimum Gasteiger partial charge on any atom is -0.497 e. The number of rotatable bonds is 2. The topological polar surface area (TPSA) is 22.1 Å². The molecule has 0 saturated carbocycles. The lowest BCUT2D eigenvalue weighted by molar-refractivity contribution is 0.415. The normalized spacial score (nSPS) is 10.8. The molecule has 0 saturated heterocycles. The van der Waals surface area contributed by atoms with Gasteiger partial charge in [0.2, 0.25) is 0 Å². The van der Waals surface area contributed by atoms with Crippen molar-refractivity contribution in [1.29, 1.82) is 0 Å². The Balaban J connectivity index is 2.19. The second-order valence-corrected chi connectivity index (χ2v) is 5.23. The van der Waals surface area contributed by atoms with Gasteiger partial charge in [-0.2, -0.15) is 0 Å². The molecule has 0 unspecified atom stereocenters. The van der Waals surface area contributed by atoms with E-state index in [0.717, 1.165) is 27.9 Å². The van der Waals surface area contributed by atoms with E-state index in [1.165, 1.54) is 0 Å². The van der Waals surface area contributed by atoms with Gasteiger partial charge < -0.3 is 4.74 Å². The molecule has 0 fully saturated rings. The van der Waals surface area contributed by atoms with Crippen molar-refractivity contribution in [2.45, 2.75) is 0 Å². The number of pyridine rings is 1. The standard InChI is InChI=1S/C16H11Cl2NO/c1-20-12-5-6-15-13(8-12)14(18)9-16(19-15)10-3-2-4-11(17)7-10/h2-9H,1H3. The molecule has 2 aromatic carbocycles. The van der Waals surface area contributed by atoms with E-state index in [0.29, 0.717) is 10.0 Å². The molecule has 1 heterocycles. The Morgan fingerprint density at radius 2 is 1.85 bits per heavy atom. The van der Waals surface area contributed by atoms with E-state index in [9.17, 15) is 0 Å². The summed E-state index contributed by atoms with van der Waals surface area (Å²) in [5.41, 5.74) is 2.57. The third kappa shape index (κ3) is 2.45. The molecular formula is C16H11Cl2NO. The largest absolute Gasteiger partial charge is 0.497 e. The zero-order chi connectivity index (χ0) is 14.1. The molecule has 0 aliphatic rings. The van der Waals surface area contributed by atoms with Crippen molar-refractivity contribution in [3.63, 3.8) is 0 Å². The summed E-state index contributed by atoms with van der Waals surface area (Å²) >= 11 is 12.4. The van der Waals surface area contributed by atoms with Crippen LogP contribution in [0, 0.1) is 0 Å². The van der Waals surface area contributed by atoms with Gasteiger partial charge in [0.05, 0.1) is 23.3 Å². The minimum atomic E-state index is 0.642. The van der Waals surface area contributed by atoms with Gasteiger partial charge in [0.15, 0.2) is 0 Å². The van der Waals surface area contributed by atoms with Gasteiger partial charge in [-0.1, -0.05) is 35.3 Å². The monoisotopic (exact) mass is 303 g/mol. The van der Waals surface area contributed by atoms with Crippen molar-refractivity contribution < 1.29 is 4.74 Å². The summed E-state index contributed by atoms with van der Waals surface area (Å²) in [5, 5.41) is 2.19. The fraction of sp³-hybridized carbons (Fsp3) is 0.0625. The summed E-state index contributed by atoms with van der Waals surface area (Å²) in [5.74, 6) is 0.761. The van der Waals surface area contributed by atoms with Crippen LogP contribution in [0.3, 0.4) is 0 Å². The van der Waals surface area contributed by atoms with E-state index in [4.69, 9.17) is 27.9 Å². The summed E-state index contributed by atoms with van der Waals surface area (Å²) < 4.78 is 5.20. The second-order valence-electron chi connectivity index (χ2n) is 4.38. The summed E-state index contributed by atoms with van der Waals surface area (Å²) in [6, 6.07) is 15.0. The smallest absolute Gasteiger partial charge is 0.119 e. The van der Waals surface area contributed by atoms with Gasteiger partial charge in [0.25, 0.3) is 0 Å². The Morgan fingerprint density at radius 3 is 2.60 bits per heavy atom. The average molecular weight is 304 g/mol. The first-order valence-electron chi connectivity index (χ1n) is 6.07. The number of benzene rings is 2. The van der Waals surface area contributed by atoms with Crippen molar-refractivity contribution in [2.75, 3.05) is 7.11 Å². The van der Waals surface area contributed by atoms with E-state index in [1.807, 2.05) is 48.5 Å². The number of methoxy groups -OCH3 is 1. The zero-order valence-corrected chi connectivity index (χ0v) is 12.2. The maximum Gasteiger partial charge on any atom is 0.119 e. The number of hydrogen-bond acceptors (Lipinski definition) is 2. The van der Waals surface area contributed by atoms with E-state index in [1.54, 1.807) is 7.11 Å². The fourth-order valence-electron chi connectivity index (χ4n) is 2.09. The van der Waals surface area contributed by atoms with Crippen molar-refractivity contribution in [1.82, 2.24) is 4.98 Å². The zero-order valence-electron chi connectivity index (χ0n) is 10.7. The molecule has 20 heavy (non-hydrogen) atoms. The van der Waals surface area contributed by atoms with E-state index in [2.05, 4.69) is 4.98 Å². The third-order valence-electron chi connectivity index (χ3n) is 3.09. The summed E-state index contributed by atoms with van der Waals surface area (Å²) in [6.45, 7) is 0. The Morgan fingerprint density at radius 1 is 1.00 bits per heavy atom. The highest BCUT2D eigenvalue weighted by molar-refractivity contribution is 6.35. The van der Waals surface area contributed by atoms with Crippen LogP contribution >= 0.6 is 23.2 Å². The quantitative estimate of drug-likeness (QED) is 0.648. The van der Waals surface area contributed by atoms with Gasteiger partial charge in [-0.25, -0.2) is 4.98 Å². The number of ether oxygens (including phenoxy) is 1. The van der Waals surface area contributed by atoms with Gasteiger partial charge >= 0.3 is 0 Å². The molecule has 0 aliphatic carbocycles. The van der Waals surface area contributed by atoms with Crippen LogP contribution < -0.4 is 4.74 Å². The number of hydrogen-bond donors (Lipinski definition) is 0. The molecule has 0 spiro atoms. The molecule has 4 heteroatoms. The SMILES string of the molecule is COc1ccc2nc(-c3cccc(Cl)c3)cc(Cl)c2c1. The van der Waals surface area contributed by atoms with Gasteiger partial charge in [-0.15, -0.1) is 0 Å². The Kier molecular flexibility index (Phi) is 3.51. The highest BCUT2D eigenvalue weighted by Crippen LogP contribution is 2.31. The molecular weight excluding hydrogens is 293 g/mol. The van der Waals surface area contributed by atoms with E-state index < -0.39 is 0 Å². The molecule has 0 radical (unpaired) electrons. The molecule has 0 N–H and O–H groups in total. The lowest BCUT2D eigenvalue weighted by Gasteiger charge is -2.07. The molecule has 3 rings (SSSR count). The molecule has 0 amide bonds. The van der Waals surface area contributed by atoms with Crippen LogP contribution in [0.25, 0.3) is 22.2 Å².